The summed E-state index contributed by atoms with van der Waals surface area (Å²) in [7, 11) is 7.50. The standard InChI is InChI=1S/C33H30N9PS.2CH4O/c1-40(34-22-28-19-16-25-10-4-7-13-31(25)37-28)43(44,41(2)35-23-29-20-17-26-11-5-8-14-32(26)38-29)42(3)36-24-30-21-18-27-12-6-9-15-33(27)39-30;2*1-2/h4-24H,1-3H3;2*2H,1H3/b34-22+,35-23+,36-24+;;. The van der Waals surface area contributed by atoms with Gasteiger partial charge in [-0.1, -0.05) is 72.8 Å². The molecule has 11 nitrogen and oxygen atoms in total. The third kappa shape index (κ3) is 8.41. The highest BCUT2D eigenvalue weighted by molar-refractivity contribution is 8.11. The average molecular weight is 680 g/mol. The summed E-state index contributed by atoms with van der Waals surface area (Å²) in [5, 5.41) is 31.4. The SMILES string of the molecule is CN(/N=C/c1ccc2ccccc2n1)P(=S)(N(C)/N=C/c1ccc2ccccc2n1)N(C)/N=C/c1ccc2ccccc2n1.CO.CO. The molecule has 246 valence electrons. The number of nitrogens with zero attached hydrogens (tertiary/aromatic N) is 9. The highest BCUT2D eigenvalue weighted by Gasteiger charge is 2.32. The molecule has 13 heteroatoms. The lowest BCUT2D eigenvalue weighted by atomic mass is 10.2. The Kier molecular flexibility index (Phi) is 12.8. The van der Waals surface area contributed by atoms with Crippen LogP contribution in [0.3, 0.4) is 0 Å². The molecule has 0 saturated carbocycles. The van der Waals surface area contributed by atoms with Gasteiger partial charge in [0.2, 0.25) is 0 Å². The molecule has 0 unspecified atom stereocenters. The van der Waals surface area contributed by atoms with Crippen LogP contribution < -0.4 is 0 Å². The van der Waals surface area contributed by atoms with E-state index in [4.69, 9.17) is 52.3 Å². The van der Waals surface area contributed by atoms with Crippen LogP contribution in [-0.4, -0.2) is 93.5 Å². The van der Waals surface area contributed by atoms with Gasteiger partial charge in [0, 0.05) is 51.5 Å². The summed E-state index contributed by atoms with van der Waals surface area (Å²) in [6.45, 7) is -2.89. The fourth-order valence-corrected chi connectivity index (χ4v) is 6.72. The molecule has 0 aliphatic heterocycles. The van der Waals surface area contributed by atoms with Crippen LogP contribution in [0, 0.1) is 0 Å². The van der Waals surface area contributed by atoms with Crippen LogP contribution in [0.2, 0.25) is 0 Å². The van der Waals surface area contributed by atoms with E-state index >= 15 is 0 Å². The van der Waals surface area contributed by atoms with E-state index in [2.05, 4.69) is 0 Å². The molecule has 0 fully saturated rings. The largest absolute Gasteiger partial charge is 0.400 e. The summed E-state index contributed by atoms with van der Waals surface area (Å²) in [5.74, 6) is 0. The van der Waals surface area contributed by atoms with Crippen molar-refractivity contribution in [2.75, 3.05) is 35.4 Å². The first-order valence-corrected chi connectivity index (χ1v) is 17.5. The van der Waals surface area contributed by atoms with Crippen molar-refractivity contribution < 1.29 is 10.2 Å². The first kappa shape index (κ1) is 35.7. The molecular formula is C35H38N9O2PS. The number of hydrazone groups is 3. The van der Waals surface area contributed by atoms with Gasteiger partial charge < -0.3 is 10.2 Å². The second-order valence-corrected chi connectivity index (χ2v) is 14.2. The molecule has 0 amide bonds. The molecule has 6 aromatic rings. The Balaban J connectivity index is 0.00000125. The van der Waals surface area contributed by atoms with Gasteiger partial charge in [0.1, 0.15) is 0 Å². The zero-order chi connectivity index (χ0) is 34.5. The second kappa shape index (κ2) is 17.1. The quantitative estimate of drug-likeness (QED) is 0.108. The summed E-state index contributed by atoms with van der Waals surface area (Å²) >= 11 is 6.33. The number of hydrogen-bond acceptors (Lipinski definition) is 9. The lowest BCUT2D eigenvalue weighted by Crippen LogP contribution is -2.29. The third-order valence-corrected chi connectivity index (χ3v) is 11.8. The van der Waals surface area contributed by atoms with Crippen LogP contribution in [0.1, 0.15) is 17.1 Å². The van der Waals surface area contributed by atoms with Gasteiger partial charge in [-0.05, 0) is 48.2 Å². The molecule has 0 spiro atoms. The Morgan fingerprint density at radius 1 is 0.479 bits per heavy atom. The summed E-state index contributed by atoms with van der Waals surface area (Å²) in [6.07, 6.45) is 5.12. The minimum Gasteiger partial charge on any atom is -0.400 e. The van der Waals surface area contributed by atoms with Crippen LogP contribution in [0.4, 0.5) is 0 Å². The van der Waals surface area contributed by atoms with Crippen LogP contribution in [0.5, 0.6) is 0 Å². The van der Waals surface area contributed by atoms with E-state index in [0.717, 1.165) is 64.0 Å². The predicted octanol–water partition coefficient (Wildman–Crippen LogP) is 5.97. The number of fused-ring (bicyclic) bond motifs is 3. The van der Waals surface area contributed by atoms with Gasteiger partial charge in [-0.25, -0.2) is 29.3 Å². The van der Waals surface area contributed by atoms with Crippen molar-refractivity contribution in [3.8, 4) is 0 Å². The molecule has 3 aromatic carbocycles. The Bertz CT molecular complexity index is 1870. The van der Waals surface area contributed by atoms with Gasteiger partial charge >= 0.3 is 0 Å². The highest BCUT2D eigenvalue weighted by Crippen LogP contribution is 2.55. The van der Waals surface area contributed by atoms with Crippen LogP contribution in [-0.2, 0) is 11.8 Å². The lowest BCUT2D eigenvalue weighted by molar-refractivity contribution is 0.399. The lowest BCUT2D eigenvalue weighted by Gasteiger charge is -2.39. The van der Waals surface area contributed by atoms with Crippen LogP contribution in [0.15, 0.2) is 124 Å². The van der Waals surface area contributed by atoms with Crippen LogP contribution >= 0.6 is 6.49 Å². The first-order valence-electron chi connectivity index (χ1n) is 14.8. The van der Waals surface area contributed by atoms with E-state index in [1.807, 2.05) is 130 Å². The Labute approximate surface area is 285 Å². The number of pyridine rings is 3. The van der Waals surface area contributed by atoms with Crippen molar-refractivity contribution >= 4 is 69.6 Å². The fraction of sp³-hybridized carbons (Fsp3) is 0.143. The predicted molar refractivity (Wildman–Crippen MR) is 202 cm³/mol. The van der Waals surface area contributed by atoms with Crippen molar-refractivity contribution in [2.24, 2.45) is 15.3 Å². The Morgan fingerprint density at radius 2 is 0.750 bits per heavy atom. The first-order chi connectivity index (χ1) is 23.4. The maximum Gasteiger partial charge on any atom is 0.265 e. The monoisotopic (exact) mass is 679 g/mol. The zero-order valence-corrected chi connectivity index (χ0v) is 29.1. The number of rotatable bonds is 9. The molecule has 3 aromatic heterocycles. The molecule has 0 saturated heterocycles. The normalized spacial score (nSPS) is 11.5. The van der Waals surface area contributed by atoms with Crippen molar-refractivity contribution in [1.29, 1.82) is 0 Å². The third-order valence-electron chi connectivity index (χ3n) is 7.06. The molecule has 0 radical (unpaired) electrons. The minimum atomic E-state index is -2.89. The van der Waals surface area contributed by atoms with E-state index in [1.54, 1.807) is 33.0 Å². The van der Waals surface area contributed by atoms with Crippen molar-refractivity contribution in [1.82, 2.24) is 29.3 Å². The van der Waals surface area contributed by atoms with E-state index in [1.165, 1.54) is 0 Å². The van der Waals surface area contributed by atoms with Gasteiger partial charge in [-0.3, -0.25) is 0 Å². The number of para-hydroxylation sites is 3. The van der Waals surface area contributed by atoms with E-state index < -0.39 is 6.49 Å². The maximum absolute atomic E-state index is 7.00. The van der Waals surface area contributed by atoms with Gasteiger partial charge in [0.25, 0.3) is 6.49 Å². The zero-order valence-electron chi connectivity index (χ0n) is 27.4. The maximum atomic E-state index is 7.00. The minimum absolute atomic E-state index is 0.718. The summed E-state index contributed by atoms with van der Waals surface area (Å²) < 4.78 is 5.20. The van der Waals surface area contributed by atoms with Gasteiger partial charge in [-0.15, -0.1) is 0 Å². The summed E-state index contributed by atoms with van der Waals surface area (Å²) in [5.41, 5.74) is 4.84. The van der Waals surface area contributed by atoms with Gasteiger partial charge in [0.05, 0.1) is 52.3 Å². The molecular weight excluding hydrogens is 641 g/mol. The molecule has 0 aliphatic rings. The van der Waals surface area contributed by atoms with E-state index in [-0.39, 0.29) is 0 Å². The number of aromatic nitrogens is 3. The highest BCUT2D eigenvalue weighted by atomic mass is 32.4. The van der Waals surface area contributed by atoms with Gasteiger partial charge in [-0.2, -0.15) is 15.3 Å². The molecule has 3 heterocycles. The molecule has 48 heavy (non-hydrogen) atoms. The average Bonchev–Trinajstić information content (AvgIpc) is 3.15. The Hall–Kier alpha value is -5.13. The molecule has 0 aliphatic carbocycles. The summed E-state index contributed by atoms with van der Waals surface area (Å²) in [6, 6.07) is 35.8. The fourth-order valence-electron chi connectivity index (χ4n) is 4.65. The molecule has 0 bridgehead atoms. The second-order valence-electron chi connectivity index (χ2n) is 10.0. The van der Waals surface area contributed by atoms with Crippen molar-refractivity contribution in [3.05, 3.63) is 126 Å². The number of benzene rings is 3. The number of aliphatic hydroxyl groups is 2. The smallest absolute Gasteiger partial charge is 0.265 e. The van der Waals surface area contributed by atoms with Crippen molar-refractivity contribution in [2.45, 2.75) is 0 Å². The Morgan fingerprint density at radius 3 is 1.04 bits per heavy atom. The van der Waals surface area contributed by atoms with E-state index in [9.17, 15) is 0 Å². The molecule has 0 atom stereocenters. The number of aliphatic hydroxyl groups excluding tert-OH is 2. The topological polar surface area (TPSA) is 126 Å². The molecule has 2 N–H and O–H groups in total. The van der Waals surface area contributed by atoms with E-state index in [0.29, 0.717) is 0 Å². The van der Waals surface area contributed by atoms with Gasteiger partial charge in [0.15, 0.2) is 0 Å². The number of hydrogen-bond donors (Lipinski definition) is 2. The van der Waals surface area contributed by atoms with Crippen molar-refractivity contribution in [3.63, 3.8) is 0 Å². The van der Waals surface area contributed by atoms with Crippen LogP contribution in [0.25, 0.3) is 32.7 Å². The summed E-state index contributed by atoms with van der Waals surface area (Å²) in [4.78, 5) is 14.2. The molecule has 6 rings (SSSR count).